The van der Waals surface area contributed by atoms with Crippen LogP contribution in [-0.4, -0.2) is 11.3 Å². The van der Waals surface area contributed by atoms with E-state index in [1.165, 1.54) is 0 Å². The smallest absolute Gasteiger partial charge is 0.406 e. The van der Waals surface area contributed by atoms with Gasteiger partial charge >= 0.3 is 6.36 Å². The van der Waals surface area contributed by atoms with E-state index >= 15 is 0 Å². The SMILES string of the molecule is FC(F)(F)Oc1cc(Cl)nc(I)c1. The highest BCUT2D eigenvalue weighted by Crippen LogP contribution is 2.25. The summed E-state index contributed by atoms with van der Waals surface area (Å²) in [6.45, 7) is 0. The zero-order valence-electron chi connectivity index (χ0n) is 5.90. The van der Waals surface area contributed by atoms with Gasteiger partial charge in [-0.15, -0.1) is 13.2 Å². The van der Waals surface area contributed by atoms with E-state index in [2.05, 4.69) is 9.72 Å². The lowest BCUT2D eigenvalue weighted by Gasteiger charge is -2.08. The third-order valence-corrected chi connectivity index (χ3v) is 1.72. The van der Waals surface area contributed by atoms with Crippen LogP contribution in [0.3, 0.4) is 0 Å². The lowest BCUT2D eigenvalue weighted by Crippen LogP contribution is -2.17. The number of aromatic nitrogens is 1. The molecule has 1 rings (SSSR count). The van der Waals surface area contributed by atoms with Crippen LogP contribution in [0.25, 0.3) is 0 Å². The first-order valence-electron chi connectivity index (χ1n) is 2.96. The second-order valence-electron chi connectivity index (χ2n) is 2.00. The molecule has 0 aliphatic carbocycles. The van der Waals surface area contributed by atoms with E-state index in [1.54, 1.807) is 22.6 Å². The molecule has 7 heteroatoms. The molecule has 72 valence electrons. The van der Waals surface area contributed by atoms with Gasteiger partial charge in [0.15, 0.2) is 0 Å². The molecule has 0 unspecified atom stereocenters. The van der Waals surface area contributed by atoms with Crippen LogP contribution in [0.4, 0.5) is 13.2 Å². The van der Waals surface area contributed by atoms with Crippen LogP contribution in [0, 0.1) is 3.70 Å². The molecular formula is C6H2ClF3INO. The summed E-state index contributed by atoms with van der Waals surface area (Å²) in [5, 5.41) is -0.0360. The predicted octanol–water partition coefficient (Wildman–Crippen LogP) is 3.24. The van der Waals surface area contributed by atoms with E-state index in [4.69, 9.17) is 11.6 Å². The zero-order chi connectivity index (χ0) is 10.1. The van der Waals surface area contributed by atoms with Crippen molar-refractivity contribution < 1.29 is 17.9 Å². The molecule has 1 heterocycles. The Labute approximate surface area is 90.2 Å². The summed E-state index contributed by atoms with van der Waals surface area (Å²) < 4.78 is 39.1. The van der Waals surface area contributed by atoms with Crippen LogP contribution in [0.1, 0.15) is 0 Å². The first-order valence-corrected chi connectivity index (χ1v) is 4.41. The number of alkyl halides is 3. The van der Waals surface area contributed by atoms with Gasteiger partial charge in [-0.2, -0.15) is 0 Å². The van der Waals surface area contributed by atoms with Crippen LogP contribution >= 0.6 is 34.2 Å². The van der Waals surface area contributed by atoms with E-state index in [1.807, 2.05) is 0 Å². The van der Waals surface area contributed by atoms with Gasteiger partial charge in [0.25, 0.3) is 0 Å². The van der Waals surface area contributed by atoms with Gasteiger partial charge in [-0.1, -0.05) is 11.6 Å². The lowest BCUT2D eigenvalue weighted by molar-refractivity contribution is -0.274. The molecule has 0 radical (unpaired) electrons. The van der Waals surface area contributed by atoms with Gasteiger partial charge in [-0.25, -0.2) is 4.98 Å². The molecule has 0 bridgehead atoms. The fourth-order valence-corrected chi connectivity index (χ4v) is 1.54. The summed E-state index contributed by atoms with van der Waals surface area (Å²) in [4.78, 5) is 3.67. The van der Waals surface area contributed by atoms with E-state index in [9.17, 15) is 13.2 Å². The molecular weight excluding hydrogens is 321 g/mol. The summed E-state index contributed by atoms with van der Waals surface area (Å²) in [5.41, 5.74) is 0. The Balaban J connectivity index is 2.90. The second-order valence-corrected chi connectivity index (χ2v) is 3.49. The normalized spacial score (nSPS) is 11.5. The molecule has 0 atom stereocenters. The summed E-state index contributed by atoms with van der Waals surface area (Å²) in [6.07, 6.45) is -4.70. The maximum Gasteiger partial charge on any atom is 0.573 e. The summed E-state index contributed by atoms with van der Waals surface area (Å²) in [6, 6.07) is 2.14. The molecule has 0 saturated heterocycles. The molecule has 0 aliphatic heterocycles. The molecule has 0 fully saturated rings. The number of hydrogen-bond donors (Lipinski definition) is 0. The average Bonchev–Trinajstić information content (AvgIpc) is 1.78. The highest BCUT2D eigenvalue weighted by molar-refractivity contribution is 14.1. The zero-order valence-corrected chi connectivity index (χ0v) is 8.81. The summed E-state index contributed by atoms with van der Waals surface area (Å²) in [5.74, 6) is -0.364. The Kier molecular flexibility index (Phi) is 3.23. The number of nitrogens with zero attached hydrogens (tertiary/aromatic N) is 1. The number of halogens is 5. The van der Waals surface area contributed by atoms with Crippen molar-refractivity contribution in [2.75, 3.05) is 0 Å². The molecule has 0 amide bonds. The Morgan fingerprint density at radius 1 is 1.38 bits per heavy atom. The van der Waals surface area contributed by atoms with Crippen molar-refractivity contribution in [2.45, 2.75) is 6.36 Å². The van der Waals surface area contributed by atoms with Gasteiger partial charge in [-0.05, 0) is 22.6 Å². The van der Waals surface area contributed by atoms with Gasteiger partial charge < -0.3 is 4.74 Å². The van der Waals surface area contributed by atoms with Crippen molar-refractivity contribution in [3.05, 3.63) is 21.0 Å². The summed E-state index contributed by atoms with van der Waals surface area (Å²) >= 11 is 7.16. The topological polar surface area (TPSA) is 22.1 Å². The molecule has 1 aromatic heterocycles. The van der Waals surface area contributed by atoms with Gasteiger partial charge in [0.2, 0.25) is 0 Å². The third kappa shape index (κ3) is 3.99. The Hall–Kier alpha value is -0.240. The van der Waals surface area contributed by atoms with Crippen LogP contribution in [-0.2, 0) is 0 Å². The molecule has 1 aromatic rings. The van der Waals surface area contributed by atoms with Crippen molar-refractivity contribution >= 4 is 34.2 Å². The molecule has 0 saturated carbocycles. The Morgan fingerprint density at radius 3 is 2.46 bits per heavy atom. The third-order valence-electron chi connectivity index (χ3n) is 0.970. The fourth-order valence-electron chi connectivity index (χ4n) is 0.636. The van der Waals surface area contributed by atoms with Crippen LogP contribution in [0.5, 0.6) is 5.75 Å². The molecule has 13 heavy (non-hydrogen) atoms. The predicted molar refractivity (Wildman–Crippen MR) is 48.6 cm³/mol. The maximum absolute atomic E-state index is 11.7. The first kappa shape index (κ1) is 10.8. The molecule has 0 aliphatic rings. The standard InChI is InChI=1S/C6H2ClF3INO/c7-4-1-3(2-5(11)12-4)13-6(8,9)10/h1-2H. The molecule has 0 spiro atoms. The minimum absolute atomic E-state index is 0.0360. The minimum Gasteiger partial charge on any atom is -0.406 e. The highest BCUT2D eigenvalue weighted by atomic mass is 127. The Morgan fingerprint density at radius 2 is 2.00 bits per heavy atom. The number of hydrogen-bond acceptors (Lipinski definition) is 2. The van der Waals surface area contributed by atoms with Crippen molar-refractivity contribution in [1.82, 2.24) is 4.98 Å². The summed E-state index contributed by atoms with van der Waals surface area (Å²) in [7, 11) is 0. The van der Waals surface area contributed by atoms with Crippen molar-refractivity contribution in [2.24, 2.45) is 0 Å². The fraction of sp³-hybridized carbons (Fsp3) is 0.167. The van der Waals surface area contributed by atoms with Crippen LogP contribution in [0.2, 0.25) is 5.15 Å². The van der Waals surface area contributed by atoms with Crippen molar-refractivity contribution in [3.63, 3.8) is 0 Å². The van der Waals surface area contributed by atoms with E-state index in [0.717, 1.165) is 12.1 Å². The van der Waals surface area contributed by atoms with E-state index < -0.39 is 6.36 Å². The minimum atomic E-state index is -4.70. The maximum atomic E-state index is 11.7. The number of rotatable bonds is 1. The largest absolute Gasteiger partial charge is 0.573 e. The van der Waals surface area contributed by atoms with Gasteiger partial charge in [-0.3, -0.25) is 0 Å². The molecule has 2 nitrogen and oxygen atoms in total. The van der Waals surface area contributed by atoms with E-state index in [0.29, 0.717) is 3.70 Å². The quantitative estimate of drug-likeness (QED) is 0.585. The number of pyridine rings is 1. The Bertz CT molecular complexity index is 297. The molecule has 0 aromatic carbocycles. The van der Waals surface area contributed by atoms with Crippen LogP contribution < -0.4 is 4.74 Å². The molecule has 0 N–H and O–H groups in total. The first-order chi connectivity index (χ1) is 5.87. The lowest BCUT2D eigenvalue weighted by atomic mass is 10.5. The monoisotopic (exact) mass is 323 g/mol. The van der Waals surface area contributed by atoms with Gasteiger partial charge in [0.1, 0.15) is 14.6 Å². The van der Waals surface area contributed by atoms with Gasteiger partial charge in [0, 0.05) is 12.1 Å². The van der Waals surface area contributed by atoms with Gasteiger partial charge in [0.05, 0.1) is 0 Å². The number of ether oxygens (including phenoxy) is 1. The van der Waals surface area contributed by atoms with Crippen molar-refractivity contribution in [1.29, 1.82) is 0 Å². The average molecular weight is 323 g/mol. The highest BCUT2D eigenvalue weighted by Gasteiger charge is 2.31. The van der Waals surface area contributed by atoms with E-state index in [-0.39, 0.29) is 10.9 Å². The van der Waals surface area contributed by atoms with Crippen molar-refractivity contribution in [3.8, 4) is 5.75 Å². The second kappa shape index (κ2) is 3.87. The van der Waals surface area contributed by atoms with Crippen LogP contribution in [0.15, 0.2) is 12.1 Å².